The molecule has 1 aromatic rings. The Hall–Kier alpha value is -2.43. The van der Waals surface area contributed by atoms with Crippen molar-refractivity contribution >= 4 is 28.9 Å². The zero-order valence-corrected chi connectivity index (χ0v) is 17.6. The van der Waals surface area contributed by atoms with Crippen molar-refractivity contribution in [3.63, 3.8) is 0 Å². The van der Waals surface area contributed by atoms with Gasteiger partial charge in [-0.25, -0.2) is 0 Å². The van der Waals surface area contributed by atoms with Crippen molar-refractivity contribution in [2.24, 2.45) is 10.9 Å². The lowest BCUT2D eigenvalue weighted by Gasteiger charge is -2.25. The molecule has 1 aliphatic heterocycles. The molecule has 1 saturated carbocycles. The molecule has 5 nitrogen and oxygen atoms in total. The molecule has 154 valence electrons. The predicted molar refractivity (Wildman–Crippen MR) is 117 cm³/mol. The lowest BCUT2D eigenvalue weighted by molar-refractivity contribution is -0.124. The molecule has 0 saturated heterocycles. The van der Waals surface area contributed by atoms with Gasteiger partial charge in [0, 0.05) is 12.3 Å². The molecule has 1 N–H and O–H groups in total. The topological polar surface area (TPSA) is 61.8 Å². The maximum atomic E-state index is 13.3. The number of allylic oxidation sites excluding steroid dienone is 1. The summed E-state index contributed by atoms with van der Waals surface area (Å²) in [5.41, 5.74) is 6.28. The van der Waals surface area contributed by atoms with E-state index in [1.165, 1.54) is 18.4 Å². The second-order valence-corrected chi connectivity index (χ2v) is 8.61. The van der Waals surface area contributed by atoms with E-state index in [2.05, 4.69) is 18.3 Å². The molecule has 3 aliphatic rings. The van der Waals surface area contributed by atoms with Gasteiger partial charge in [-0.2, -0.15) is 0 Å². The molecule has 0 aromatic heterocycles. The fraction of sp³-hybridized carbons (Fsp3) is 0.542. The highest BCUT2D eigenvalue weighted by molar-refractivity contribution is 6.16. The van der Waals surface area contributed by atoms with Crippen LogP contribution in [0.1, 0.15) is 62.5 Å². The van der Waals surface area contributed by atoms with Crippen LogP contribution in [0.2, 0.25) is 0 Å². The molecule has 1 aromatic carbocycles. The van der Waals surface area contributed by atoms with E-state index in [0.717, 1.165) is 66.7 Å². The molecule has 29 heavy (non-hydrogen) atoms. The maximum Gasteiger partial charge on any atom is 0.240 e. The van der Waals surface area contributed by atoms with Crippen LogP contribution in [-0.4, -0.2) is 30.6 Å². The largest absolute Gasteiger partial charge is 0.354 e. The van der Waals surface area contributed by atoms with Crippen molar-refractivity contribution < 1.29 is 9.59 Å². The first kappa shape index (κ1) is 19.9. The van der Waals surface area contributed by atoms with E-state index in [1.54, 1.807) is 4.90 Å². The smallest absolute Gasteiger partial charge is 0.240 e. The Balaban J connectivity index is 1.50. The van der Waals surface area contributed by atoms with Gasteiger partial charge in [0.2, 0.25) is 11.8 Å². The monoisotopic (exact) mass is 393 g/mol. The van der Waals surface area contributed by atoms with E-state index in [0.29, 0.717) is 6.54 Å². The minimum absolute atomic E-state index is 0.0217. The van der Waals surface area contributed by atoms with Crippen molar-refractivity contribution in [2.45, 2.75) is 65.2 Å². The van der Waals surface area contributed by atoms with Crippen molar-refractivity contribution in [1.82, 2.24) is 5.32 Å². The van der Waals surface area contributed by atoms with Crippen molar-refractivity contribution in [2.75, 3.05) is 18.0 Å². The van der Waals surface area contributed by atoms with Crippen LogP contribution in [0.4, 0.5) is 11.4 Å². The molecule has 0 bridgehead atoms. The molecule has 4 rings (SSSR count). The van der Waals surface area contributed by atoms with Crippen LogP contribution in [0.3, 0.4) is 0 Å². The number of anilines is 1. The second-order valence-electron chi connectivity index (χ2n) is 8.61. The Bertz CT molecular complexity index is 884. The molecule has 2 aliphatic carbocycles. The van der Waals surface area contributed by atoms with Gasteiger partial charge in [0.1, 0.15) is 6.54 Å². The zero-order chi connectivity index (χ0) is 20.4. The van der Waals surface area contributed by atoms with E-state index in [1.807, 2.05) is 19.1 Å². The van der Waals surface area contributed by atoms with Crippen LogP contribution >= 0.6 is 0 Å². The number of fused-ring (bicyclic) bond motifs is 2. The number of hydrogen-bond acceptors (Lipinski definition) is 3. The Labute approximate surface area is 173 Å². The average Bonchev–Trinajstić information content (AvgIpc) is 3.14. The lowest BCUT2D eigenvalue weighted by Crippen LogP contribution is -2.44. The number of carbonyl (C=O) groups is 2. The van der Waals surface area contributed by atoms with Gasteiger partial charge in [-0.1, -0.05) is 11.6 Å². The van der Waals surface area contributed by atoms with Crippen LogP contribution in [-0.2, 0) is 9.59 Å². The number of aliphatic imine (C=N–C) groups is 1. The summed E-state index contributed by atoms with van der Waals surface area (Å²) in [7, 11) is 0. The minimum atomic E-state index is -0.178. The second kappa shape index (κ2) is 8.52. The summed E-state index contributed by atoms with van der Waals surface area (Å²) in [5.74, 6) is -0.253. The number of amides is 2. The van der Waals surface area contributed by atoms with Crippen molar-refractivity contribution in [1.29, 1.82) is 0 Å². The van der Waals surface area contributed by atoms with Gasteiger partial charge in [0.15, 0.2) is 0 Å². The van der Waals surface area contributed by atoms with Crippen LogP contribution in [0.15, 0.2) is 28.8 Å². The van der Waals surface area contributed by atoms with Gasteiger partial charge < -0.3 is 10.2 Å². The molecule has 0 spiro atoms. The normalized spacial score (nSPS) is 21.1. The van der Waals surface area contributed by atoms with E-state index < -0.39 is 0 Å². The summed E-state index contributed by atoms with van der Waals surface area (Å²) in [6.07, 6.45) is 10.7. The Morgan fingerprint density at radius 2 is 2.00 bits per heavy atom. The Morgan fingerprint density at radius 1 is 1.17 bits per heavy atom. The number of carbonyl (C=O) groups excluding carboxylic acids is 2. The van der Waals surface area contributed by atoms with Gasteiger partial charge in [-0.05, 0) is 88.5 Å². The first-order chi connectivity index (χ1) is 14.0. The highest BCUT2D eigenvalue weighted by Gasteiger charge is 2.37. The lowest BCUT2D eigenvalue weighted by atomic mass is 9.97. The fourth-order valence-corrected chi connectivity index (χ4v) is 4.64. The van der Waals surface area contributed by atoms with E-state index in [9.17, 15) is 9.59 Å². The SMILES string of the molecule is Cc1cc2c(cc1C)N(CC(=O)NCCC1=CCCCC1)C(=O)C1CCCC1=N2. The van der Waals surface area contributed by atoms with E-state index >= 15 is 0 Å². The van der Waals surface area contributed by atoms with Gasteiger partial charge in [0.05, 0.1) is 17.3 Å². The van der Waals surface area contributed by atoms with Crippen LogP contribution < -0.4 is 10.2 Å². The molecule has 1 unspecified atom stereocenters. The molecular weight excluding hydrogens is 362 g/mol. The minimum Gasteiger partial charge on any atom is -0.354 e. The molecule has 1 atom stereocenters. The quantitative estimate of drug-likeness (QED) is 0.747. The van der Waals surface area contributed by atoms with Gasteiger partial charge >= 0.3 is 0 Å². The third-order valence-electron chi connectivity index (χ3n) is 6.49. The number of hydrogen-bond donors (Lipinski definition) is 1. The van der Waals surface area contributed by atoms with Gasteiger partial charge in [-0.3, -0.25) is 14.6 Å². The summed E-state index contributed by atoms with van der Waals surface area (Å²) >= 11 is 0. The Kier molecular flexibility index (Phi) is 5.84. The van der Waals surface area contributed by atoms with Gasteiger partial charge in [0.25, 0.3) is 0 Å². The number of aryl methyl sites for hydroxylation is 2. The summed E-state index contributed by atoms with van der Waals surface area (Å²) in [6.45, 7) is 4.80. The predicted octanol–water partition coefficient (Wildman–Crippen LogP) is 4.53. The van der Waals surface area contributed by atoms with E-state index in [4.69, 9.17) is 4.99 Å². The highest BCUT2D eigenvalue weighted by atomic mass is 16.2. The molecule has 1 heterocycles. The van der Waals surface area contributed by atoms with Crippen molar-refractivity contribution in [3.8, 4) is 0 Å². The number of benzene rings is 1. The number of nitrogens with zero attached hydrogens (tertiary/aromatic N) is 2. The average molecular weight is 394 g/mol. The standard InChI is InChI=1S/C24H31N3O2/c1-16-13-21-22(14-17(16)2)27(24(29)19-9-6-10-20(19)26-21)15-23(28)25-12-11-18-7-4-3-5-8-18/h7,13-14,19H,3-6,8-12,15H2,1-2H3,(H,25,28). The van der Waals surface area contributed by atoms with Crippen molar-refractivity contribution in [3.05, 3.63) is 34.9 Å². The molecule has 5 heteroatoms. The molecule has 0 radical (unpaired) electrons. The number of nitrogens with one attached hydrogen (secondary N) is 1. The zero-order valence-electron chi connectivity index (χ0n) is 17.6. The fourth-order valence-electron chi connectivity index (χ4n) is 4.64. The van der Waals surface area contributed by atoms with Gasteiger partial charge in [-0.15, -0.1) is 0 Å². The van der Waals surface area contributed by atoms with Crippen LogP contribution in [0.5, 0.6) is 0 Å². The first-order valence-electron chi connectivity index (χ1n) is 11.0. The first-order valence-corrected chi connectivity index (χ1v) is 11.0. The summed E-state index contributed by atoms with van der Waals surface area (Å²) in [5, 5.41) is 3.02. The summed E-state index contributed by atoms with van der Waals surface area (Å²) in [4.78, 5) is 32.5. The highest BCUT2D eigenvalue weighted by Crippen LogP contribution is 2.39. The maximum absolute atomic E-state index is 13.3. The third-order valence-corrected chi connectivity index (χ3v) is 6.49. The summed E-state index contributed by atoms with van der Waals surface area (Å²) in [6, 6.07) is 4.06. The van der Waals surface area contributed by atoms with Crippen LogP contribution in [0, 0.1) is 19.8 Å². The van der Waals surface area contributed by atoms with Crippen LogP contribution in [0.25, 0.3) is 0 Å². The molecular formula is C24H31N3O2. The third kappa shape index (κ3) is 4.29. The Morgan fingerprint density at radius 3 is 2.79 bits per heavy atom. The summed E-state index contributed by atoms with van der Waals surface area (Å²) < 4.78 is 0. The van der Waals surface area contributed by atoms with E-state index in [-0.39, 0.29) is 24.3 Å². The molecule has 1 fully saturated rings. The molecule has 2 amide bonds. The number of rotatable bonds is 5.